The molecule has 0 saturated heterocycles. The lowest BCUT2D eigenvalue weighted by Crippen LogP contribution is -2.18. The second-order valence-electron chi connectivity index (χ2n) is 5.04. The molecule has 0 spiro atoms. The van der Waals surface area contributed by atoms with Gasteiger partial charge in [0, 0.05) is 29.0 Å². The van der Waals surface area contributed by atoms with Crippen LogP contribution in [0.25, 0.3) is 0 Å². The van der Waals surface area contributed by atoms with E-state index < -0.39 is 0 Å². The van der Waals surface area contributed by atoms with E-state index in [0.29, 0.717) is 12.5 Å². The molecule has 0 aliphatic heterocycles. The third kappa shape index (κ3) is 4.76. The normalized spacial score (nSPS) is 11.2. The van der Waals surface area contributed by atoms with Crippen molar-refractivity contribution in [2.45, 2.75) is 26.9 Å². The molecule has 4 nitrogen and oxygen atoms in total. The van der Waals surface area contributed by atoms with Gasteiger partial charge in [0.1, 0.15) is 0 Å². The highest BCUT2D eigenvalue weighted by atomic mass is 79.9. The summed E-state index contributed by atoms with van der Waals surface area (Å²) in [6, 6.07) is 4.00. The van der Waals surface area contributed by atoms with Crippen LogP contribution >= 0.6 is 15.9 Å². The quantitative estimate of drug-likeness (QED) is 0.889. The summed E-state index contributed by atoms with van der Waals surface area (Å²) in [5.41, 5.74) is 2.21. The zero-order valence-corrected chi connectivity index (χ0v) is 12.9. The lowest BCUT2D eigenvalue weighted by atomic mass is 10.2. The highest BCUT2D eigenvalue weighted by molar-refractivity contribution is 9.10. The molecule has 0 aromatic carbocycles. The Hall–Kier alpha value is -1.20. The van der Waals surface area contributed by atoms with Gasteiger partial charge in [-0.15, -0.1) is 0 Å². The van der Waals surface area contributed by atoms with E-state index in [1.807, 2.05) is 29.2 Å². The summed E-state index contributed by atoms with van der Waals surface area (Å²) in [7, 11) is 0. The van der Waals surface area contributed by atoms with Crippen LogP contribution in [0.2, 0.25) is 0 Å². The summed E-state index contributed by atoms with van der Waals surface area (Å²) in [4.78, 5) is 4.34. The molecule has 1 N–H and O–H groups in total. The maximum Gasteiger partial charge on any atom is 0.0831 e. The molecular weight excluding hydrogens is 304 g/mol. The largest absolute Gasteiger partial charge is 0.312 e. The van der Waals surface area contributed by atoms with E-state index >= 15 is 0 Å². The van der Waals surface area contributed by atoms with Crippen LogP contribution in [0.4, 0.5) is 0 Å². The van der Waals surface area contributed by atoms with Gasteiger partial charge in [0.05, 0.1) is 18.4 Å². The van der Waals surface area contributed by atoms with E-state index in [1.165, 1.54) is 5.56 Å². The van der Waals surface area contributed by atoms with Crippen LogP contribution in [0, 0.1) is 5.92 Å². The van der Waals surface area contributed by atoms with Gasteiger partial charge >= 0.3 is 0 Å². The molecule has 0 amide bonds. The zero-order valence-electron chi connectivity index (χ0n) is 11.3. The Morgan fingerprint density at radius 3 is 2.84 bits per heavy atom. The first kappa shape index (κ1) is 14.2. The van der Waals surface area contributed by atoms with Crippen molar-refractivity contribution in [1.82, 2.24) is 20.1 Å². The van der Waals surface area contributed by atoms with Gasteiger partial charge in [0.2, 0.25) is 0 Å². The first-order valence-electron chi connectivity index (χ1n) is 6.46. The molecule has 2 aromatic rings. The van der Waals surface area contributed by atoms with Crippen LogP contribution < -0.4 is 5.32 Å². The van der Waals surface area contributed by atoms with Crippen LogP contribution in [-0.2, 0) is 13.1 Å². The van der Waals surface area contributed by atoms with Gasteiger partial charge in [0.15, 0.2) is 0 Å². The van der Waals surface area contributed by atoms with Gasteiger partial charge in [-0.25, -0.2) is 0 Å². The van der Waals surface area contributed by atoms with Crippen LogP contribution in [0.5, 0.6) is 0 Å². The topological polar surface area (TPSA) is 42.7 Å². The molecule has 2 aromatic heterocycles. The van der Waals surface area contributed by atoms with Crippen molar-refractivity contribution < 1.29 is 0 Å². The van der Waals surface area contributed by atoms with E-state index in [0.717, 1.165) is 23.3 Å². The minimum absolute atomic E-state index is 0.669. The van der Waals surface area contributed by atoms with Crippen molar-refractivity contribution in [3.05, 3.63) is 46.5 Å². The fourth-order valence-corrected chi connectivity index (χ4v) is 1.99. The summed E-state index contributed by atoms with van der Waals surface area (Å²) in [6.45, 7) is 7.01. The van der Waals surface area contributed by atoms with E-state index in [-0.39, 0.29) is 0 Å². The Morgan fingerprint density at radius 1 is 1.32 bits per heavy atom. The monoisotopic (exact) mass is 322 g/mol. The predicted molar refractivity (Wildman–Crippen MR) is 79.8 cm³/mol. The molecule has 0 aliphatic rings. The number of hydrogen-bond donors (Lipinski definition) is 1. The van der Waals surface area contributed by atoms with E-state index in [4.69, 9.17) is 0 Å². The fraction of sp³-hybridized carbons (Fsp3) is 0.429. The first-order valence-corrected chi connectivity index (χ1v) is 7.25. The van der Waals surface area contributed by atoms with Crippen molar-refractivity contribution in [2.24, 2.45) is 5.92 Å². The molecule has 5 heteroatoms. The summed E-state index contributed by atoms with van der Waals surface area (Å²) >= 11 is 3.38. The number of rotatable bonds is 6. The third-order valence-electron chi connectivity index (χ3n) is 2.68. The number of aromatic nitrogens is 3. The lowest BCUT2D eigenvalue weighted by molar-refractivity contribution is 0.552. The molecule has 0 fully saturated rings. The lowest BCUT2D eigenvalue weighted by Gasteiger charge is -2.05. The highest BCUT2D eigenvalue weighted by Gasteiger charge is 2.01. The van der Waals surface area contributed by atoms with Gasteiger partial charge in [-0.05, 0) is 40.5 Å². The van der Waals surface area contributed by atoms with Crippen molar-refractivity contribution in [2.75, 3.05) is 6.54 Å². The average molecular weight is 323 g/mol. The number of nitrogens with zero attached hydrogens (tertiary/aromatic N) is 3. The summed E-state index contributed by atoms with van der Waals surface area (Å²) in [6.07, 6.45) is 5.78. The van der Waals surface area contributed by atoms with Gasteiger partial charge in [-0.2, -0.15) is 5.10 Å². The third-order valence-corrected chi connectivity index (χ3v) is 3.15. The fourth-order valence-electron chi connectivity index (χ4n) is 1.76. The predicted octanol–water partition coefficient (Wildman–Crippen LogP) is 2.83. The standard InChI is InChI=1S/C14H19BrN4/c1-11(2)5-16-6-12-7-18-19(9-12)10-14-4-3-13(15)8-17-14/h3-4,7-9,11,16H,5-6,10H2,1-2H3. The van der Waals surface area contributed by atoms with E-state index in [9.17, 15) is 0 Å². The first-order chi connectivity index (χ1) is 9.13. The van der Waals surface area contributed by atoms with Gasteiger partial charge in [-0.3, -0.25) is 9.67 Å². The zero-order chi connectivity index (χ0) is 13.7. The molecule has 19 heavy (non-hydrogen) atoms. The molecule has 0 radical (unpaired) electrons. The Labute approximate surface area is 122 Å². The molecule has 0 saturated carbocycles. The van der Waals surface area contributed by atoms with Crippen LogP contribution in [-0.4, -0.2) is 21.3 Å². The highest BCUT2D eigenvalue weighted by Crippen LogP contribution is 2.08. The number of pyridine rings is 1. The molecule has 0 unspecified atom stereocenters. The second kappa shape index (κ2) is 6.82. The van der Waals surface area contributed by atoms with Crippen molar-refractivity contribution in [3.8, 4) is 0 Å². The summed E-state index contributed by atoms with van der Waals surface area (Å²) in [5.74, 6) is 0.669. The Kier molecular flexibility index (Phi) is 5.10. The maximum absolute atomic E-state index is 4.36. The maximum atomic E-state index is 4.36. The molecule has 102 valence electrons. The Balaban J connectivity index is 1.88. The molecule has 0 bridgehead atoms. The molecule has 0 aliphatic carbocycles. The van der Waals surface area contributed by atoms with Gasteiger partial charge in [-0.1, -0.05) is 13.8 Å². The van der Waals surface area contributed by atoms with Crippen molar-refractivity contribution in [3.63, 3.8) is 0 Å². The average Bonchev–Trinajstić information content (AvgIpc) is 2.79. The Bertz CT molecular complexity index is 504. The van der Waals surface area contributed by atoms with E-state index in [1.54, 1.807) is 0 Å². The number of halogens is 1. The van der Waals surface area contributed by atoms with Gasteiger partial charge < -0.3 is 5.32 Å². The van der Waals surface area contributed by atoms with Crippen LogP contribution in [0.3, 0.4) is 0 Å². The Morgan fingerprint density at radius 2 is 2.16 bits per heavy atom. The summed E-state index contributed by atoms with van der Waals surface area (Å²) in [5, 5.41) is 7.77. The summed E-state index contributed by atoms with van der Waals surface area (Å²) < 4.78 is 2.91. The number of hydrogen-bond acceptors (Lipinski definition) is 3. The van der Waals surface area contributed by atoms with Crippen molar-refractivity contribution >= 4 is 15.9 Å². The molecular formula is C14H19BrN4. The van der Waals surface area contributed by atoms with Crippen molar-refractivity contribution in [1.29, 1.82) is 0 Å². The smallest absolute Gasteiger partial charge is 0.0831 e. The SMILES string of the molecule is CC(C)CNCc1cnn(Cc2ccc(Br)cn2)c1. The molecule has 2 rings (SSSR count). The van der Waals surface area contributed by atoms with E-state index in [2.05, 4.69) is 51.4 Å². The second-order valence-corrected chi connectivity index (χ2v) is 5.95. The van der Waals surface area contributed by atoms with Gasteiger partial charge in [0.25, 0.3) is 0 Å². The minimum atomic E-state index is 0.669. The number of nitrogens with one attached hydrogen (secondary N) is 1. The molecule has 2 heterocycles. The van der Waals surface area contributed by atoms with Crippen LogP contribution in [0.15, 0.2) is 35.2 Å². The minimum Gasteiger partial charge on any atom is -0.312 e. The molecule has 0 atom stereocenters. The van der Waals surface area contributed by atoms with Crippen LogP contribution in [0.1, 0.15) is 25.1 Å².